The highest BCUT2D eigenvalue weighted by atomic mass is 16.6. The summed E-state index contributed by atoms with van der Waals surface area (Å²) in [7, 11) is 0. The van der Waals surface area contributed by atoms with Crippen LogP contribution in [-0.2, 0) is 108 Å². The molecule has 0 aromatic heterocycles. The van der Waals surface area contributed by atoms with E-state index in [-0.39, 0.29) is 178 Å². The fraction of sp³-hybridized carbons (Fsp3) is 0.258. The molecular weight excluding hydrogens is 1680 g/mol. The van der Waals surface area contributed by atoms with E-state index >= 15 is 0 Å². The molecule has 35 nitrogen and oxygen atoms in total. The minimum absolute atomic E-state index is 0. The van der Waals surface area contributed by atoms with Crippen molar-refractivity contribution in [1.82, 2.24) is 0 Å². The first kappa shape index (κ1) is 84.3. The first-order valence-electron chi connectivity index (χ1n) is 39.4. The van der Waals surface area contributed by atoms with Crippen molar-refractivity contribution in [2.45, 2.75) is 78.1 Å². The highest BCUT2D eigenvalue weighted by Gasteiger charge is 2.71. The molecule has 12 unspecified atom stereocenters. The minimum Gasteiger partial charge on any atom is -0.423 e. The van der Waals surface area contributed by atoms with Crippen molar-refractivity contribution >= 4 is 175 Å². The minimum atomic E-state index is -0.804. The van der Waals surface area contributed by atoms with Gasteiger partial charge in [0.2, 0.25) is 0 Å². The van der Waals surface area contributed by atoms with Gasteiger partial charge in [0, 0.05) is 84.5 Å². The van der Waals surface area contributed by atoms with Gasteiger partial charge in [0.15, 0.2) is 46.3 Å². The third kappa shape index (κ3) is 13.9. The molecule has 5 saturated carbocycles. The van der Waals surface area contributed by atoms with Gasteiger partial charge in [-0.25, -0.2) is 33.6 Å². The zero-order valence-corrected chi connectivity index (χ0v) is 65.1. The van der Waals surface area contributed by atoms with E-state index in [1.807, 2.05) is 12.1 Å². The van der Waals surface area contributed by atoms with Crippen LogP contribution >= 0.6 is 0 Å². The van der Waals surface area contributed by atoms with Gasteiger partial charge >= 0.3 is 89.5 Å². The average Bonchev–Trinajstić information content (AvgIpc) is 1.39. The molecule has 8 heterocycles. The second-order valence-corrected chi connectivity index (χ2v) is 32.5. The standard InChI is InChI=1S/2C18H10O5.C16H8O4.C11H10O5.C11H4O5.C9H6O6.C9H6O5.CH4/c1-9-12-4-2-3-11(15(12)18(21)22-9)7-10-5-6-13-14(8-10)17(20)23-16(13)19;19-15-8-16(20)13-6-9(1-3-11(13)15)5-10-2-4-12-14(7-10)18(22)23-17(12)21;17-11-5-13(19)9-3-4-10-14(20)6-12(18)8-2-1-7(11)15(9)16(8)10;2*12-8-3-9(13)5-2-7-6(1-4(5)8)10(14)16-11(7)15;10-6-2-1-3-5(4(2)8(12)14-6)9(13)15-7(3)11;10-2-1-3(11)5-4(2)6-7(5)9(13)14-8(6)12;/h2-6,8H,1,7H2;1-4,6-7H,5,8H2;1-4H,5-6H2;4-7H,1-3H2;1-2H,3H2;2-5H,1H2;4-7H,1H2;1H4. The van der Waals surface area contributed by atoms with Crippen molar-refractivity contribution in [3.8, 4) is 0 Å². The molecule has 35 heteroatoms. The zero-order valence-electron chi connectivity index (χ0n) is 65.1. The van der Waals surface area contributed by atoms with Crippen molar-refractivity contribution < 1.29 is 167 Å². The van der Waals surface area contributed by atoms with Crippen LogP contribution in [0.4, 0.5) is 0 Å². The van der Waals surface area contributed by atoms with Gasteiger partial charge in [0.1, 0.15) is 28.9 Å². The molecule has 9 fully saturated rings. The third-order valence-electron chi connectivity index (χ3n) is 25.5. The van der Waals surface area contributed by atoms with Crippen LogP contribution in [0.5, 0.6) is 0 Å². The molecular formula is C93H58O35. The van der Waals surface area contributed by atoms with Crippen LogP contribution in [0.1, 0.15) is 248 Å². The lowest BCUT2D eigenvalue weighted by atomic mass is 9.59. The molecule has 640 valence electrons. The Morgan fingerprint density at radius 1 is 0.234 bits per heavy atom. The lowest BCUT2D eigenvalue weighted by Crippen LogP contribution is -2.50. The Labute approximate surface area is 715 Å². The van der Waals surface area contributed by atoms with E-state index in [0.717, 1.165) is 22.3 Å². The number of Topliss-reactive ketones (excluding diaryl/α,β-unsaturated/α-hetero) is 12. The van der Waals surface area contributed by atoms with E-state index in [4.69, 9.17) is 4.74 Å². The van der Waals surface area contributed by atoms with E-state index in [9.17, 15) is 129 Å². The summed E-state index contributed by atoms with van der Waals surface area (Å²) in [5.41, 5.74) is 8.71. The Hall–Kier alpha value is -16.0. The van der Waals surface area contributed by atoms with E-state index in [1.54, 1.807) is 84.9 Å². The SMILES string of the molecule is C.C=C1OC(=O)c2c(Cc3ccc4c(c3)C(=O)OC4=O)cccc21.O=C1CC(=O)C2C1C1C(=O)OC(=O)C21.O=C1CC(=O)C2CC3C(=O)OC(=O)C3CC12.O=C1CC(=O)c2cc(Cc3ccc4c(c3)C(=O)OC4=O)ccc21.O=C1CC(=O)c2cc3c(cc21)C(=O)OC3=O.O=C1CC(=O)c2ccc3c4c(ccc1c24)C(=O)CC3=O.O=C1OC(=O)C2C1CC1C(=O)OC(=O)C12. The Balaban J connectivity index is 0.000000106. The van der Waals surface area contributed by atoms with Crippen molar-refractivity contribution in [3.63, 3.8) is 0 Å². The number of ketones is 12. The van der Waals surface area contributed by atoms with Crippen LogP contribution in [0, 0.1) is 71.0 Å². The monoisotopic (exact) mass is 1730 g/mol. The maximum Gasteiger partial charge on any atom is 0.346 e. The maximum atomic E-state index is 12.0. The van der Waals surface area contributed by atoms with Gasteiger partial charge in [-0.1, -0.05) is 80.7 Å². The summed E-state index contributed by atoms with van der Waals surface area (Å²) < 4.78 is 36.4. The molecule has 128 heavy (non-hydrogen) atoms. The molecule has 17 aliphatic rings. The smallest absolute Gasteiger partial charge is 0.346 e. The average molecular weight is 1740 g/mol. The van der Waals surface area contributed by atoms with Crippen molar-refractivity contribution in [2.24, 2.45) is 71.0 Å². The Kier molecular flexibility index (Phi) is 20.6. The van der Waals surface area contributed by atoms with Crippen LogP contribution in [0.25, 0.3) is 16.5 Å². The molecule has 0 N–H and O–H groups in total. The molecule has 0 bridgehead atoms. The van der Waals surface area contributed by atoms with Crippen LogP contribution < -0.4 is 0 Å². The Morgan fingerprint density at radius 2 is 0.539 bits per heavy atom. The Bertz CT molecular complexity index is 6210. The molecule has 0 radical (unpaired) electrons. The number of ether oxygens (including phenoxy) is 8. The maximum absolute atomic E-state index is 12.0. The second-order valence-electron chi connectivity index (χ2n) is 32.5. The van der Waals surface area contributed by atoms with E-state index in [1.165, 1.54) is 12.1 Å². The number of hydrogen-bond donors (Lipinski definition) is 0. The molecule has 0 spiro atoms. The quantitative estimate of drug-likeness (QED) is 0.0987. The van der Waals surface area contributed by atoms with E-state index < -0.39 is 149 Å². The van der Waals surface area contributed by atoms with Crippen molar-refractivity contribution in [1.29, 1.82) is 0 Å². The van der Waals surface area contributed by atoms with E-state index in [0.29, 0.717) is 86.7 Å². The summed E-state index contributed by atoms with van der Waals surface area (Å²) in [6.45, 7) is 3.72. The molecule has 7 aromatic rings. The van der Waals surface area contributed by atoms with Crippen LogP contribution in [0.3, 0.4) is 0 Å². The summed E-state index contributed by atoms with van der Waals surface area (Å²) in [6.07, 6.45) is 1.02. The summed E-state index contributed by atoms with van der Waals surface area (Å²) in [4.78, 5) is 310. The summed E-state index contributed by atoms with van der Waals surface area (Å²) >= 11 is 0. The number of benzene rings is 7. The largest absolute Gasteiger partial charge is 0.423 e. The van der Waals surface area contributed by atoms with Gasteiger partial charge in [-0.05, 0) is 96.8 Å². The van der Waals surface area contributed by atoms with Crippen LogP contribution in [0.2, 0.25) is 0 Å². The van der Waals surface area contributed by atoms with Gasteiger partial charge < -0.3 is 37.9 Å². The summed E-state index contributed by atoms with van der Waals surface area (Å²) in [5, 5.41) is 0.949. The predicted octanol–water partition coefficient (Wildman–Crippen LogP) is 6.85. The lowest BCUT2D eigenvalue weighted by molar-refractivity contribution is -0.158. The lowest BCUT2D eigenvalue weighted by Gasteiger charge is -2.36. The van der Waals surface area contributed by atoms with Gasteiger partial charge in [-0.15, -0.1) is 0 Å². The normalized spacial score (nSPS) is 25.5. The van der Waals surface area contributed by atoms with Gasteiger partial charge in [0.25, 0.3) is 0 Å². The van der Waals surface area contributed by atoms with Gasteiger partial charge in [0.05, 0.1) is 125 Å². The van der Waals surface area contributed by atoms with Crippen LogP contribution in [-0.4, -0.2) is 159 Å². The number of esters is 15. The zero-order chi connectivity index (χ0) is 90.0. The topological polar surface area (TPSA) is 535 Å². The highest BCUT2D eigenvalue weighted by molar-refractivity contribution is 6.36. The summed E-state index contributed by atoms with van der Waals surface area (Å²) in [5.74, 6) is -18.7. The molecule has 7 aromatic carbocycles. The molecule has 8 aliphatic heterocycles. The van der Waals surface area contributed by atoms with Crippen LogP contribution in [0.15, 0.2) is 116 Å². The highest BCUT2D eigenvalue weighted by Crippen LogP contribution is 2.56. The Morgan fingerprint density at radius 3 is 0.961 bits per heavy atom. The van der Waals surface area contributed by atoms with Crippen molar-refractivity contribution in [3.05, 3.63) is 227 Å². The second kappa shape index (κ2) is 31.4. The number of rotatable bonds is 4. The van der Waals surface area contributed by atoms with Gasteiger partial charge in [-0.2, -0.15) is 0 Å². The number of carbonyl (C=O) groups is 27. The third-order valence-corrected chi connectivity index (χ3v) is 25.5. The molecule has 24 rings (SSSR count). The first-order valence-corrected chi connectivity index (χ1v) is 39.4. The number of cyclic esters (lactones) is 15. The molecule has 12 atom stereocenters. The predicted molar refractivity (Wildman–Crippen MR) is 415 cm³/mol. The van der Waals surface area contributed by atoms with Gasteiger partial charge in [-0.3, -0.25) is 95.9 Å². The molecule has 9 aliphatic carbocycles. The fourth-order valence-electron chi connectivity index (χ4n) is 19.5. The number of fused-ring (bicyclic) bond motifs is 15. The number of carbonyl (C=O) groups excluding carboxylic acids is 27. The summed E-state index contributed by atoms with van der Waals surface area (Å²) in [6, 6.07) is 29.4. The molecule has 0 amide bonds. The van der Waals surface area contributed by atoms with E-state index in [2.05, 4.69) is 39.7 Å². The van der Waals surface area contributed by atoms with Crippen molar-refractivity contribution in [2.75, 3.05) is 0 Å². The first-order chi connectivity index (χ1) is 60.5. The molecule has 4 saturated heterocycles. The fourth-order valence-corrected chi connectivity index (χ4v) is 19.5. The number of hydrogen-bond acceptors (Lipinski definition) is 35.